The van der Waals surface area contributed by atoms with Crippen molar-refractivity contribution in [3.05, 3.63) is 0 Å². The fourth-order valence-electron chi connectivity index (χ4n) is 2.03. The van der Waals surface area contributed by atoms with Crippen LogP contribution in [-0.2, 0) is 18.9 Å². The van der Waals surface area contributed by atoms with Crippen LogP contribution in [0.5, 0.6) is 0 Å². The van der Waals surface area contributed by atoms with E-state index in [4.69, 9.17) is 18.9 Å². The fourth-order valence-corrected chi connectivity index (χ4v) is 2.03. The molecule has 0 saturated carbocycles. The molecule has 0 bridgehead atoms. The number of ether oxygens (including phenoxy) is 4. The zero-order chi connectivity index (χ0) is 16.6. The molecule has 1 unspecified atom stereocenters. The van der Waals surface area contributed by atoms with E-state index in [2.05, 4.69) is 5.32 Å². The van der Waals surface area contributed by atoms with Gasteiger partial charge in [0, 0.05) is 6.54 Å². The first-order chi connectivity index (χ1) is 10.3. The summed E-state index contributed by atoms with van der Waals surface area (Å²) in [5.41, 5.74) is -0.517. The number of hydrogen-bond acceptors (Lipinski definition) is 5. The first kappa shape index (κ1) is 19.2. The molecule has 0 spiro atoms. The number of hydrogen-bond donors (Lipinski definition) is 1. The molecule has 0 aromatic heterocycles. The van der Waals surface area contributed by atoms with Crippen molar-refractivity contribution in [3.8, 4) is 0 Å². The summed E-state index contributed by atoms with van der Waals surface area (Å²) in [5.74, 6) is 0. The third kappa shape index (κ3) is 8.56. The lowest BCUT2D eigenvalue weighted by Gasteiger charge is -2.31. The van der Waals surface area contributed by atoms with Gasteiger partial charge in [-0.2, -0.15) is 0 Å². The Labute approximate surface area is 133 Å². The van der Waals surface area contributed by atoms with E-state index < -0.39 is 11.7 Å². The van der Waals surface area contributed by atoms with Gasteiger partial charge < -0.3 is 24.3 Å². The van der Waals surface area contributed by atoms with Crippen molar-refractivity contribution in [2.45, 2.75) is 71.4 Å². The van der Waals surface area contributed by atoms with E-state index in [0.717, 1.165) is 12.8 Å². The summed E-state index contributed by atoms with van der Waals surface area (Å²) in [4.78, 5) is 11.7. The molecule has 0 radical (unpaired) electrons. The Kier molecular flexibility index (Phi) is 8.14. The van der Waals surface area contributed by atoms with Crippen molar-refractivity contribution in [1.82, 2.24) is 5.32 Å². The molecule has 1 N–H and O–H groups in total. The summed E-state index contributed by atoms with van der Waals surface area (Å²) in [7, 11) is 0. The molecule has 1 saturated heterocycles. The number of alkyl carbamates (subject to hydrolysis) is 1. The number of nitrogens with one attached hydrogen (secondary N) is 1. The Bertz CT molecular complexity index is 328. The predicted octanol–water partition coefficient (Wildman–Crippen LogP) is 2.50. The van der Waals surface area contributed by atoms with Crippen molar-refractivity contribution >= 4 is 6.09 Å². The van der Waals surface area contributed by atoms with E-state index in [1.165, 1.54) is 0 Å². The van der Waals surface area contributed by atoms with Gasteiger partial charge in [-0.15, -0.1) is 0 Å². The van der Waals surface area contributed by atoms with Crippen LogP contribution in [-0.4, -0.2) is 56.4 Å². The van der Waals surface area contributed by atoms with Gasteiger partial charge in [0.15, 0.2) is 0 Å². The van der Waals surface area contributed by atoms with Crippen LogP contribution in [0, 0.1) is 0 Å². The van der Waals surface area contributed by atoms with E-state index in [1.54, 1.807) is 0 Å². The van der Waals surface area contributed by atoms with Gasteiger partial charge in [-0.3, -0.25) is 0 Å². The van der Waals surface area contributed by atoms with Crippen LogP contribution in [0.1, 0.15) is 47.5 Å². The molecule has 1 amide bonds. The molecule has 1 heterocycles. The predicted molar refractivity (Wildman–Crippen MR) is 84.0 cm³/mol. The SMILES string of the molecule is CC(C)OCCNC(=O)OC(C)(C)CCC(C)OC1COC1. The third-order valence-electron chi connectivity index (χ3n) is 3.38. The highest BCUT2D eigenvalue weighted by Crippen LogP contribution is 2.20. The van der Waals surface area contributed by atoms with E-state index in [-0.39, 0.29) is 18.3 Å². The highest BCUT2D eigenvalue weighted by Gasteiger charge is 2.26. The zero-order valence-corrected chi connectivity index (χ0v) is 14.5. The van der Waals surface area contributed by atoms with Crippen LogP contribution in [0.15, 0.2) is 0 Å². The van der Waals surface area contributed by atoms with Crippen LogP contribution in [0.25, 0.3) is 0 Å². The summed E-state index contributed by atoms with van der Waals surface area (Å²) in [6, 6.07) is 0. The van der Waals surface area contributed by atoms with Gasteiger partial charge >= 0.3 is 6.09 Å². The van der Waals surface area contributed by atoms with Crippen LogP contribution in [0.2, 0.25) is 0 Å². The molecule has 1 rings (SSSR count). The highest BCUT2D eigenvalue weighted by molar-refractivity contribution is 5.67. The van der Waals surface area contributed by atoms with Crippen LogP contribution in [0.3, 0.4) is 0 Å². The fraction of sp³-hybridized carbons (Fsp3) is 0.938. The molecule has 6 heteroatoms. The van der Waals surface area contributed by atoms with Crippen LogP contribution in [0.4, 0.5) is 4.79 Å². The van der Waals surface area contributed by atoms with Crippen molar-refractivity contribution in [2.24, 2.45) is 0 Å². The molecule has 0 aromatic carbocycles. The van der Waals surface area contributed by atoms with Crippen molar-refractivity contribution in [3.63, 3.8) is 0 Å². The molecule has 1 fully saturated rings. The number of carbonyl (C=O) groups is 1. The Balaban J connectivity index is 2.13. The highest BCUT2D eigenvalue weighted by atomic mass is 16.6. The second kappa shape index (κ2) is 9.33. The molecule has 0 aromatic rings. The molecular formula is C16H31NO5. The number of carbonyl (C=O) groups excluding carboxylic acids is 1. The lowest BCUT2D eigenvalue weighted by molar-refractivity contribution is -0.153. The quantitative estimate of drug-likeness (QED) is 0.627. The average Bonchev–Trinajstić information content (AvgIpc) is 2.36. The Morgan fingerprint density at radius 2 is 2.00 bits per heavy atom. The third-order valence-corrected chi connectivity index (χ3v) is 3.38. The van der Waals surface area contributed by atoms with E-state index in [9.17, 15) is 4.79 Å². The summed E-state index contributed by atoms with van der Waals surface area (Å²) < 4.78 is 21.7. The van der Waals surface area contributed by atoms with Crippen LogP contribution >= 0.6 is 0 Å². The van der Waals surface area contributed by atoms with Crippen molar-refractivity contribution in [1.29, 1.82) is 0 Å². The van der Waals surface area contributed by atoms with E-state index in [1.807, 2.05) is 34.6 Å². The Hall–Kier alpha value is -0.850. The molecular weight excluding hydrogens is 286 g/mol. The monoisotopic (exact) mass is 317 g/mol. The minimum atomic E-state index is -0.517. The van der Waals surface area contributed by atoms with Gasteiger partial charge in [0.1, 0.15) is 11.7 Å². The summed E-state index contributed by atoms with van der Waals surface area (Å²) >= 11 is 0. The van der Waals surface area contributed by atoms with Gasteiger partial charge in [-0.1, -0.05) is 0 Å². The maximum atomic E-state index is 11.7. The van der Waals surface area contributed by atoms with Crippen molar-refractivity contribution in [2.75, 3.05) is 26.4 Å². The molecule has 130 valence electrons. The van der Waals surface area contributed by atoms with Gasteiger partial charge in [0.25, 0.3) is 0 Å². The maximum absolute atomic E-state index is 11.7. The van der Waals surface area contributed by atoms with E-state index in [0.29, 0.717) is 26.4 Å². The number of amides is 1. The minimum Gasteiger partial charge on any atom is -0.444 e. The second-order valence-corrected chi connectivity index (χ2v) is 6.64. The molecule has 22 heavy (non-hydrogen) atoms. The molecule has 6 nitrogen and oxygen atoms in total. The molecule has 0 aliphatic carbocycles. The largest absolute Gasteiger partial charge is 0.444 e. The minimum absolute atomic E-state index is 0.138. The molecule has 1 aliphatic heterocycles. The second-order valence-electron chi connectivity index (χ2n) is 6.64. The summed E-state index contributed by atoms with van der Waals surface area (Å²) in [5, 5.41) is 2.70. The Morgan fingerprint density at radius 1 is 1.32 bits per heavy atom. The van der Waals surface area contributed by atoms with Gasteiger partial charge in [0.05, 0.1) is 32.0 Å². The summed E-state index contributed by atoms with van der Waals surface area (Å²) in [6.07, 6.45) is 1.71. The lowest BCUT2D eigenvalue weighted by Crippen LogP contribution is -2.39. The van der Waals surface area contributed by atoms with Crippen molar-refractivity contribution < 1.29 is 23.7 Å². The Morgan fingerprint density at radius 3 is 2.55 bits per heavy atom. The first-order valence-electron chi connectivity index (χ1n) is 8.10. The average molecular weight is 317 g/mol. The molecule has 1 aliphatic rings. The van der Waals surface area contributed by atoms with Crippen LogP contribution < -0.4 is 5.32 Å². The maximum Gasteiger partial charge on any atom is 0.407 e. The van der Waals surface area contributed by atoms with Gasteiger partial charge in [0.2, 0.25) is 0 Å². The topological polar surface area (TPSA) is 66.0 Å². The smallest absolute Gasteiger partial charge is 0.407 e. The lowest BCUT2D eigenvalue weighted by atomic mass is 10.0. The van der Waals surface area contributed by atoms with Gasteiger partial charge in [-0.25, -0.2) is 4.79 Å². The first-order valence-corrected chi connectivity index (χ1v) is 8.10. The van der Waals surface area contributed by atoms with Gasteiger partial charge in [-0.05, 0) is 47.5 Å². The van der Waals surface area contributed by atoms with E-state index >= 15 is 0 Å². The number of rotatable bonds is 10. The zero-order valence-electron chi connectivity index (χ0n) is 14.5. The summed E-state index contributed by atoms with van der Waals surface area (Å²) in [6.45, 7) is 12.1. The normalized spacial score (nSPS) is 17.2. The standard InChI is InChI=1S/C16H31NO5/c1-12(2)20-9-8-17-15(18)22-16(4,5)7-6-13(3)21-14-10-19-11-14/h12-14H,6-11H2,1-5H3,(H,17,18). The molecule has 1 atom stereocenters.